The Morgan fingerprint density at radius 2 is 1.57 bits per heavy atom. The van der Waals surface area contributed by atoms with Gasteiger partial charge in [0.2, 0.25) is 23.6 Å². The van der Waals surface area contributed by atoms with Crippen molar-refractivity contribution >= 4 is 40.2 Å². The number of nitrogens with one attached hydrogen (secondary N) is 3. The van der Waals surface area contributed by atoms with Gasteiger partial charge in [-0.15, -0.1) is 0 Å². The number of nitrogens with zero attached hydrogens (tertiary/aromatic N) is 2. The number of fused-ring (bicyclic) bond motifs is 1. The molecule has 14 heteroatoms. The van der Waals surface area contributed by atoms with E-state index in [9.17, 15) is 32.3 Å². The summed E-state index contributed by atoms with van der Waals surface area (Å²) in [6.45, 7) is 2.25. The summed E-state index contributed by atoms with van der Waals surface area (Å²) >= 11 is 0. The minimum absolute atomic E-state index is 0.0255. The van der Waals surface area contributed by atoms with Crippen molar-refractivity contribution in [3.8, 4) is 0 Å². The van der Waals surface area contributed by atoms with Gasteiger partial charge >= 0.3 is 6.18 Å². The van der Waals surface area contributed by atoms with Crippen LogP contribution in [0.4, 0.5) is 18.9 Å². The lowest BCUT2D eigenvalue weighted by atomic mass is 10.0. The van der Waals surface area contributed by atoms with Crippen LogP contribution in [-0.2, 0) is 31.8 Å². The number of pyridine rings is 1. The average molecular weight is 616 g/mol. The molecule has 3 aromatic rings. The molecule has 0 spiro atoms. The summed E-state index contributed by atoms with van der Waals surface area (Å²) in [6.07, 6.45) is -3.71. The van der Waals surface area contributed by atoms with Crippen molar-refractivity contribution in [2.75, 3.05) is 31.5 Å². The number of halogens is 3. The Labute approximate surface area is 252 Å². The van der Waals surface area contributed by atoms with E-state index in [0.29, 0.717) is 16.8 Å². The zero-order chi connectivity index (χ0) is 32.3. The summed E-state index contributed by atoms with van der Waals surface area (Å²) < 4.78 is 39.3. The molecule has 0 fully saturated rings. The van der Waals surface area contributed by atoms with Crippen LogP contribution in [0.3, 0.4) is 0 Å². The molecule has 11 nitrogen and oxygen atoms in total. The largest absolute Gasteiger partial charge is 0.416 e. The number of nitrogens with two attached hydrogens (primary N) is 2. The molecule has 0 radical (unpaired) electrons. The number of carbonyl (C=O) groups is 4. The molecule has 2 aromatic carbocycles. The van der Waals surface area contributed by atoms with Crippen LogP contribution >= 0.6 is 0 Å². The number of amides is 4. The van der Waals surface area contributed by atoms with Crippen LogP contribution in [0.1, 0.15) is 30.9 Å². The van der Waals surface area contributed by atoms with E-state index in [1.165, 1.54) is 23.2 Å². The van der Waals surface area contributed by atoms with Gasteiger partial charge in [-0.3, -0.25) is 24.2 Å². The lowest BCUT2D eigenvalue weighted by molar-refractivity contribution is -0.138. The maximum Gasteiger partial charge on any atom is 0.416 e. The van der Waals surface area contributed by atoms with Gasteiger partial charge in [0.05, 0.1) is 29.4 Å². The molecule has 0 aliphatic rings. The van der Waals surface area contributed by atoms with Crippen molar-refractivity contribution in [3.63, 3.8) is 0 Å². The maximum atomic E-state index is 13.5. The Bertz CT molecular complexity index is 1440. The van der Waals surface area contributed by atoms with Crippen LogP contribution in [0, 0.1) is 0 Å². The average Bonchev–Trinajstić information content (AvgIpc) is 2.99. The standard InChI is InChI=1S/C30H36F3N7O4/c1-2-26(41)38-25(17-27(42)40(13-11-34)14-12-35)29(44)39-24(15-19-7-9-21(10-8-19)30(31,32)33)28(43)37-22-16-20-5-3-4-6-23(20)36-18-22/h3-10,16,18,24-25H,2,11-15,17,34-35H2,1H3,(H,37,43)(H,38,41)(H,39,44)/t24-,25?/m0/s1. The number of rotatable bonds is 14. The normalized spacial score (nSPS) is 12.7. The predicted octanol–water partition coefficient (Wildman–Crippen LogP) is 1.95. The third-order valence-corrected chi connectivity index (χ3v) is 6.71. The number of para-hydroxylation sites is 1. The van der Waals surface area contributed by atoms with Crippen LogP contribution in [0.5, 0.6) is 0 Å². The van der Waals surface area contributed by atoms with Gasteiger partial charge in [-0.05, 0) is 29.8 Å². The smallest absolute Gasteiger partial charge is 0.344 e. The number of hydrogen-bond donors (Lipinski definition) is 5. The van der Waals surface area contributed by atoms with Gasteiger partial charge < -0.3 is 32.3 Å². The van der Waals surface area contributed by atoms with E-state index in [-0.39, 0.29) is 39.0 Å². The van der Waals surface area contributed by atoms with Crippen LogP contribution in [0.2, 0.25) is 0 Å². The summed E-state index contributed by atoms with van der Waals surface area (Å²) in [5, 5.41) is 8.52. The fourth-order valence-corrected chi connectivity index (χ4v) is 4.40. The van der Waals surface area contributed by atoms with Crippen LogP contribution < -0.4 is 27.4 Å². The molecule has 1 heterocycles. The fourth-order valence-electron chi connectivity index (χ4n) is 4.40. The van der Waals surface area contributed by atoms with E-state index < -0.39 is 53.9 Å². The quantitative estimate of drug-likeness (QED) is 0.184. The molecular formula is C30H36F3N7O4. The van der Waals surface area contributed by atoms with Crippen molar-refractivity contribution in [1.29, 1.82) is 0 Å². The zero-order valence-corrected chi connectivity index (χ0v) is 24.2. The summed E-state index contributed by atoms with van der Waals surface area (Å²) in [6, 6.07) is 10.4. The molecule has 7 N–H and O–H groups in total. The van der Waals surface area contributed by atoms with E-state index >= 15 is 0 Å². The maximum absolute atomic E-state index is 13.5. The zero-order valence-electron chi connectivity index (χ0n) is 24.2. The first-order valence-electron chi connectivity index (χ1n) is 14.0. The first-order chi connectivity index (χ1) is 20.9. The molecule has 0 aliphatic heterocycles. The predicted molar refractivity (Wildman–Crippen MR) is 159 cm³/mol. The van der Waals surface area contributed by atoms with E-state index in [1.807, 2.05) is 6.07 Å². The van der Waals surface area contributed by atoms with E-state index in [1.54, 1.807) is 31.2 Å². The van der Waals surface area contributed by atoms with Gasteiger partial charge in [0.15, 0.2) is 0 Å². The highest BCUT2D eigenvalue weighted by molar-refractivity contribution is 6.00. The van der Waals surface area contributed by atoms with Crippen LogP contribution in [-0.4, -0.2) is 71.8 Å². The summed E-state index contributed by atoms with van der Waals surface area (Å²) in [4.78, 5) is 57.9. The Balaban J connectivity index is 1.88. The molecule has 2 atom stereocenters. The highest BCUT2D eigenvalue weighted by Gasteiger charge is 2.32. The Morgan fingerprint density at radius 3 is 2.18 bits per heavy atom. The highest BCUT2D eigenvalue weighted by atomic mass is 19.4. The molecule has 1 unspecified atom stereocenters. The Kier molecular flexibility index (Phi) is 12.2. The lowest BCUT2D eigenvalue weighted by Crippen LogP contribution is -2.55. The first-order valence-corrected chi connectivity index (χ1v) is 14.0. The summed E-state index contributed by atoms with van der Waals surface area (Å²) in [5.41, 5.74) is 11.7. The molecule has 0 bridgehead atoms. The van der Waals surface area contributed by atoms with Gasteiger partial charge in [-0.1, -0.05) is 37.3 Å². The van der Waals surface area contributed by atoms with Crippen molar-refractivity contribution in [1.82, 2.24) is 20.5 Å². The summed E-state index contributed by atoms with van der Waals surface area (Å²) in [5.74, 6) is -2.50. The minimum atomic E-state index is -4.55. The molecule has 44 heavy (non-hydrogen) atoms. The second-order valence-electron chi connectivity index (χ2n) is 10.0. The van der Waals surface area contributed by atoms with Crippen LogP contribution in [0.25, 0.3) is 10.9 Å². The van der Waals surface area contributed by atoms with E-state index in [4.69, 9.17) is 11.5 Å². The molecule has 0 saturated heterocycles. The number of hydrogen-bond acceptors (Lipinski definition) is 7. The van der Waals surface area contributed by atoms with Crippen molar-refractivity contribution < 1.29 is 32.3 Å². The van der Waals surface area contributed by atoms with Crippen molar-refractivity contribution in [2.24, 2.45) is 11.5 Å². The third kappa shape index (κ3) is 9.74. The number of aromatic nitrogens is 1. The van der Waals surface area contributed by atoms with Crippen molar-refractivity contribution in [3.05, 3.63) is 71.9 Å². The second-order valence-corrected chi connectivity index (χ2v) is 10.0. The van der Waals surface area contributed by atoms with Gasteiger partial charge in [-0.2, -0.15) is 13.2 Å². The Morgan fingerprint density at radius 1 is 0.909 bits per heavy atom. The fraction of sp³-hybridized carbons (Fsp3) is 0.367. The number of carbonyl (C=O) groups excluding carboxylic acids is 4. The highest BCUT2D eigenvalue weighted by Crippen LogP contribution is 2.29. The molecular weight excluding hydrogens is 579 g/mol. The Hall–Kier alpha value is -4.56. The van der Waals surface area contributed by atoms with Gasteiger partial charge in [0.25, 0.3) is 0 Å². The number of alkyl halides is 3. The third-order valence-electron chi connectivity index (χ3n) is 6.71. The van der Waals surface area contributed by atoms with Gasteiger partial charge in [-0.25, -0.2) is 0 Å². The van der Waals surface area contributed by atoms with Gasteiger partial charge in [0, 0.05) is 44.4 Å². The molecule has 4 amide bonds. The molecule has 1 aromatic heterocycles. The van der Waals surface area contributed by atoms with E-state index in [2.05, 4.69) is 20.9 Å². The molecule has 0 saturated carbocycles. The first kappa shape index (κ1) is 33.9. The molecule has 0 aliphatic carbocycles. The van der Waals surface area contributed by atoms with Gasteiger partial charge in [0.1, 0.15) is 12.1 Å². The van der Waals surface area contributed by atoms with E-state index in [0.717, 1.165) is 17.5 Å². The minimum Gasteiger partial charge on any atom is -0.344 e. The molecule has 3 rings (SSSR count). The number of anilines is 1. The van der Waals surface area contributed by atoms with Crippen molar-refractivity contribution in [2.45, 2.75) is 44.4 Å². The SMILES string of the molecule is CCC(=O)NC(CC(=O)N(CCN)CCN)C(=O)N[C@@H](Cc1ccc(C(F)(F)F)cc1)C(=O)Nc1cnc2ccccc2c1. The topological polar surface area (TPSA) is 173 Å². The second kappa shape index (κ2) is 15.8. The monoisotopic (exact) mass is 615 g/mol. The number of benzene rings is 2. The lowest BCUT2D eigenvalue weighted by Gasteiger charge is -2.26. The summed E-state index contributed by atoms with van der Waals surface area (Å²) in [7, 11) is 0. The van der Waals surface area contributed by atoms with Crippen LogP contribution in [0.15, 0.2) is 60.8 Å². The molecule has 236 valence electrons.